The highest BCUT2D eigenvalue weighted by molar-refractivity contribution is 5.92. The van der Waals surface area contributed by atoms with E-state index in [-0.39, 0.29) is 30.6 Å². The maximum Gasteiger partial charge on any atom is 0.573 e. The predicted molar refractivity (Wildman–Crippen MR) is 88.3 cm³/mol. The molecule has 1 aliphatic rings. The number of halogens is 3. The highest BCUT2D eigenvalue weighted by Crippen LogP contribution is 2.23. The van der Waals surface area contributed by atoms with Gasteiger partial charge in [-0.05, 0) is 43.5 Å². The normalized spacial score (nSPS) is 15.8. The van der Waals surface area contributed by atoms with Crippen molar-refractivity contribution in [2.24, 2.45) is 10.7 Å². The molecule has 1 amide bonds. The van der Waals surface area contributed by atoms with Crippen molar-refractivity contribution in [3.05, 3.63) is 24.3 Å². The Kier molecular flexibility index (Phi) is 6.49. The molecule has 1 aromatic rings. The van der Waals surface area contributed by atoms with Gasteiger partial charge in [0.1, 0.15) is 5.75 Å². The van der Waals surface area contributed by atoms with E-state index < -0.39 is 6.36 Å². The van der Waals surface area contributed by atoms with Gasteiger partial charge in [0, 0.05) is 25.2 Å². The number of anilines is 1. The van der Waals surface area contributed by atoms with Gasteiger partial charge in [-0.3, -0.25) is 9.79 Å². The van der Waals surface area contributed by atoms with Crippen molar-refractivity contribution in [1.29, 1.82) is 0 Å². The van der Waals surface area contributed by atoms with Crippen molar-refractivity contribution >= 4 is 17.6 Å². The van der Waals surface area contributed by atoms with Crippen LogP contribution in [0.15, 0.2) is 29.3 Å². The molecule has 0 spiro atoms. The molecule has 0 aliphatic carbocycles. The minimum Gasteiger partial charge on any atom is -0.406 e. The maximum atomic E-state index is 12.1. The van der Waals surface area contributed by atoms with E-state index >= 15 is 0 Å². The number of aliphatic imine (C=N–C) groups is 1. The number of rotatable bonds is 5. The van der Waals surface area contributed by atoms with Gasteiger partial charge in [0.2, 0.25) is 5.91 Å². The lowest BCUT2D eigenvalue weighted by Crippen LogP contribution is -2.36. The summed E-state index contributed by atoms with van der Waals surface area (Å²) in [7, 11) is 0. The number of nitrogens with zero attached hydrogens (tertiary/aromatic N) is 2. The fourth-order valence-electron chi connectivity index (χ4n) is 2.50. The third-order valence-electron chi connectivity index (χ3n) is 3.68. The molecule has 3 N–H and O–H groups in total. The predicted octanol–water partition coefficient (Wildman–Crippen LogP) is 2.71. The first-order valence-corrected chi connectivity index (χ1v) is 8.04. The zero-order chi connectivity index (χ0) is 18.3. The van der Waals surface area contributed by atoms with Gasteiger partial charge in [0.25, 0.3) is 0 Å². The minimum absolute atomic E-state index is 0.0601. The molecule has 0 saturated carbocycles. The maximum absolute atomic E-state index is 12.1. The number of hydrogen-bond donors (Lipinski definition) is 2. The van der Waals surface area contributed by atoms with E-state index in [4.69, 9.17) is 5.73 Å². The fourth-order valence-corrected chi connectivity index (χ4v) is 2.50. The summed E-state index contributed by atoms with van der Waals surface area (Å²) in [5, 5.41) is 2.75. The van der Waals surface area contributed by atoms with Gasteiger partial charge >= 0.3 is 6.36 Å². The molecular weight excluding hydrogens is 337 g/mol. The zero-order valence-electron chi connectivity index (χ0n) is 13.7. The number of nitrogens with one attached hydrogen (secondary N) is 1. The van der Waals surface area contributed by atoms with E-state index in [1.54, 1.807) is 0 Å². The topological polar surface area (TPSA) is 80.0 Å². The Labute approximate surface area is 143 Å². The van der Waals surface area contributed by atoms with Crippen LogP contribution < -0.4 is 15.8 Å². The molecule has 138 valence electrons. The number of nitrogens with two attached hydrogens (primary N) is 1. The molecular formula is C16H21F3N4O2. The molecule has 1 heterocycles. The van der Waals surface area contributed by atoms with Gasteiger partial charge in [-0.15, -0.1) is 13.2 Å². The van der Waals surface area contributed by atoms with Gasteiger partial charge in [0.05, 0.1) is 6.54 Å². The molecule has 25 heavy (non-hydrogen) atoms. The lowest BCUT2D eigenvalue weighted by atomic mass is 10.1. The van der Waals surface area contributed by atoms with Crippen LogP contribution in [-0.4, -0.2) is 42.8 Å². The second-order valence-corrected chi connectivity index (χ2v) is 5.66. The van der Waals surface area contributed by atoms with E-state index in [9.17, 15) is 18.0 Å². The molecule has 0 radical (unpaired) electrons. The first-order valence-electron chi connectivity index (χ1n) is 8.04. The number of benzene rings is 1. The summed E-state index contributed by atoms with van der Waals surface area (Å²) in [6, 6.07) is 5.12. The number of guanidine groups is 1. The Bertz CT molecular complexity index is 596. The van der Waals surface area contributed by atoms with Gasteiger partial charge in [-0.2, -0.15) is 0 Å². The Hall–Kier alpha value is -2.45. The number of carbonyl (C=O) groups is 1. The van der Waals surface area contributed by atoms with Crippen LogP contribution in [0.1, 0.15) is 25.7 Å². The number of likely N-dealkylation sites (tertiary alicyclic amines) is 1. The summed E-state index contributed by atoms with van der Waals surface area (Å²) in [5.74, 6) is -0.165. The van der Waals surface area contributed by atoms with Gasteiger partial charge in [0.15, 0.2) is 5.96 Å². The zero-order valence-corrected chi connectivity index (χ0v) is 13.7. The molecule has 1 fully saturated rings. The van der Waals surface area contributed by atoms with Crippen molar-refractivity contribution in [1.82, 2.24) is 4.90 Å². The lowest BCUT2D eigenvalue weighted by molar-refractivity contribution is -0.274. The number of amides is 1. The number of hydrogen-bond acceptors (Lipinski definition) is 3. The van der Waals surface area contributed by atoms with Crippen molar-refractivity contribution in [3.8, 4) is 5.75 Å². The molecule has 0 unspecified atom stereocenters. The van der Waals surface area contributed by atoms with Crippen molar-refractivity contribution in [2.75, 3.05) is 25.0 Å². The van der Waals surface area contributed by atoms with E-state index in [2.05, 4.69) is 15.0 Å². The van der Waals surface area contributed by atoms with Crippen LogP contribution >= 0.6 is 0 Å². The summed E-state index contributed by atoms with van der Waals surface area (Å²) in [6.45, 7) is 1.84. The van der Waals surface area contributed by atoms with Crippen LogP contribution in [0.25, 0.3) is 0 Å². The molecule has 1 aromatic carbocycles. The highest BCUT2D eigenvalue weighted by Gasteiger charge is 2.30. The van der Waals surface area contributed by atoms with E-state index in [0.29, 0.717) is 5.69 Å². The molecule has 1 aliphatic heterocycles. The SMILES string of the molecule is NC(=NCCC(=O)N1CCCCC1)Nc1ccc(OC(F)(F)F)cc1. The third kappa shape index (κ3) is 6.90. The molecule has 0 bridgehead atoms. The summed E-state index contributed by atoms with van der Waals surface area (Å²) in [6.07, 6.45) is -1.22. The van der Waals surface area contributed by atoms with E-state index in [1.165, 1.54) is 24.3 Å². The summed E-state index contributed by atoms with van der Waals surface area (Å²) in [4.78, 5) is 17.9. The minimum atomic E-state index is -4.73. The Balaban J connectivity index is 1.77. The average molecular weight is 358 g/mol. The van der Waals surface area contributed by atoms with Crippen LogP contribution in [0.2, 0.25) is 0 Å². The lowest BCUT2D eigenvalue weighted by Gasteiger charge is -2.26. The Morgan fingerprint density at radius 3 is 2.44 bits per heavy atom. The molecule has 6 nitrogen and oxygen atoms in total. The van der Waals surface area contributed by atoms with E-state index in [1.807, 2.05) is 4.90 Å². The molecule has 9 heteroatoms. The Morgan fingerprint density at radius 1 is 1.20 bits per heavy atom. The molecule has 1 saturated heterocycles. The second kappa shape index (κ2) is 8.59. The van der Waals surface area contributed by atoms with Gasteiger partial charge in [-0.1, -0.05) is 0 Å². The van der Waals surface area contributed by atoms with Crippen LogP contribution in [0, 0.1) is 0 Å². The largest absolute Gasteiger partial charge is 0.573 e. The van der Waals surface area contributed by atoms with Gasteiger partial charge in [-0.25, -0.2) is 0 Å². The Morgan fingerprint density at radius 2 is 1.84 bits per heavy atom. The summed E-state index contributed by atoms with van der Waals surface area (Å²) in [5.41, 5.74) is 6.18. The van der Waals surface area contributed by atoms with Crippen molar-refractivity contribution < 1.29 is 22.7 Å². The number of piperidine rings is 1. The number of ether oxygens (including phenoxy) is 1. The van der Waals surface area contributed by atoms with Crippen LogP contribution in [0.3, 0.4) is 0 Å². The first kappa shape index (κ1) is 18.9. The van der Waals surface area contributed by atoms with Crippen molar-refractivity contribution in [2.45, 2.75) is 32.0 Å². The molecule has 2 rings (SSSR count). The summed E-state index contributed by atoms with van der Waals surface area (Å²) < 4.78 is 40.0. The quantitative estimate of drug-likeness (QED) is 0.627. The number of carbonyl (C=O) groups excluding carboxylic acids is 1. The van der Waals surface area contributed by atoms with Crippen LogP contribution in [-0.2, 0) is 4.79 Å². The highest BCUT2D eigenvalue weighted by atomic mass is 19.4. The first-order chi connectivity index (χ1) is 11.8. The second-order valence-electron chi connectivity index (χ2n) is 5.66. The van der Waals surface area contributed by atoms with Gasteiger partial charge < -0.3 is 20.7 Å². The standard InChI is InChI=1S/C16H21F3N4O2/c17-16(18,19)25-13-6-4-12(5-7-13)22-15(20)21-9-8-14(24)23-10-2-1-3-11-23/h4-7H,1-3,8-11H2,(H3,20,21,22). The summed E-state index contributed by atoms with van der Waals surface area (Å²) >= 11 is 0. The third-order valence-corrected chi connectivity index (χ3v) is 3.68. The smallest absolute Gasteiger partial charge is 0.406 e. The van der Waals surface area contributed by atoms with Crippen molar-refractivity contribution in [3.63, 3.8) is 0 Å². The molecule has 0 atom stereocenters. The van der Waals surface area contributed by atoms with E-state index in [0.717, 1.165) is 32.4 Å². The van der Waals surface area contributed by atoms with Crippen LogP contribution in [0.4, 0.5) is 18.9 Å². The molecule has 0 aromatic heterocycles. The monoisotopic (exact) mass is 358 g/mol. The number of alkyl halides is 3. The fraction of sp³-hybridized carbons (Fsp3) is 0.500. The average Bonchev–Trinajstić information content (AvgIpc) is 2.56. The van der Waals surface area contributed by atoms with Crippen LogP contribution in [0.5, 0.6) is 5.75 Å².